The largest absolute Gasteiger partial charge is 0.356 e. The van der Waals surface area contributed by atoms with Crippen molar-refractivity contribution in [3.63, 3.8) is 0 Å². The first kappa shape index (κ1) is 13.1. The third-order valence-electron chi connectivity index (χ3n) is 2.02. The molecule has 0 saturated carbocycles. The van der Waals surface area contributed by atoms with E-state index >= 15 is 0 Å². The Balaban J connectivity index is 3.61. The Hall–Kier alpha value is -0.860. The third kappa shape index (κ3) is 6.63. The SMILES string of the molecule is CC(C)CCNC(=O)CC(=O)C(C)C. The molecule has 1 amide bonds. The van der Waals surface area contributed by atoms with Crippen LogP contribution in [0, 0.1) is 11.8 Å². The average molecular weight is 199 g/mol. The molecule has 0 bridgehead atoms. The molecule has 3 nitrogen and oxygen atoms in total. The second-order valence-electron chi connectivity index (χ2n) is 4.33. The Bertz CT molecular complexity index is 197. The summed E-state index contributed by atoms with van der Waals surface area (Å²) in [7, 11) is 0. The zero-order chi connectivity index (χ0) is 11.1. The van der Waals surface area contributed by atoms with Crippen molar-refractivity contribution in [1.82, 2.24) is 5.32 Å². The molecule has 0 heterocycles. The summed E-state index contributed by atoms with van der Waals surface area (Å²) in [6.07, 6.45) is 0.984. The Morgan fingerprint density at radius 3 is 2.14 bits per heavy atom. The Morgan fingerprint density at radius 1 is 1.14 bits per heavy atom. The number of Topliss-reactive ketones (excluding diaryl/α,β-unsaturated/α-hetero) is 1. The van der Waals surface area contributed by atoms with E-state index in [0.29, 0.717) is 12.5 Å². The lowest BCUT2D eigenvalue weighted by Gasteiger charge is -2.07. The van der Waals surface area contributed by atoms with Crippen LogP contribution in [0.15, 0.2) is 0 Å². The monoisotopic (exact) mass is 199 g/mol. The molecule has 3 heteroatoms. The van der Waals surface area contributed by atoms with Gasteiger partial charge in [-0.1, -0.05) is 27.7 Å². The van der Waals surface area contributed by atoms with Crippen molar-refractivity contribution in [2.24, 2.45) is 11.8 Å². The van der Waals surface area contributed by atoms with Gasteiger partial charge in [-0.3, -0.25) is 9.59 Å². The Morgan fingerprint density at radius 2 is 1.71 bits per heavy atom. The van der Waals surface area contributed by atoms with Crippen LogP contribution in [0.2, 0.25) is 0 Å². The predicted molar refractivity (Wildman–Crippen MR) is 56.9 cm³/mol. The molecule has 0 rings (SSSR count). The highest BCUT2D eigenvalue weighted by molar-refractivity contribution is 5.98. The van der Waals surface area contributed by atoms with E-state index in [9.17, 15) is 9.59 Å². The van der Waals surface area contributed by atoms with E-state index in [1.807, 2.05) is 13.8 Å². The van der Waals surface area contributed by atoms with Gasteiger partial charge >= 0.3 is 0 Å². The summed E-state index contributed by atoms with van der Waals surface area (Å²) in [5, 5.41) is 2.74. The fraction of sp³-hybridized carbons (Fsp3) is 0.818. The highest BCUT2D eigenvalue weighted by Gasteiger charge is 2.12. The lowest BCUT2D eigenvalue weighted by atomic mass is 10.1. The van der Waals surface area contributed by atoms with Gasteiger partial charge in [-0.15, -0.1) is 0 Å². The van der Waals surface area contributed by atoms with Crippen LogP contribution in [0.4, 0.5) is 0 Å². The molecule has 0 aromatic carbocycles. The minimum absolute atomic E-state index is 0.00652. The molecule has 0 spiro atoms. The van der Waals surface area contributed by atoms with Gasteiger partial charge < -0.3 is 5.32 Å². The molecular weight excluding hydrogens is 178 g/mol. The molecule has 0 aliphatic carbocycles. The first-order valence-corrected chi connectivity index (χ1v) is 5.23. The van der Waals surface area contributed by atoms with Gasteiger partial charge in [0.25, 0.3) is 0 Å². The van der Waals surface area contributed by atoms with Crippen molar-refractivity contribution in [3.05, 3.63) is 0 Å². The minimum Gasteiger partial charge on any atom is -0.356 e. The predicted octanol–water partition coefficient (Wildman–Crippen LogP) is 1.76. The van der Waals surface area contributed by atoms with Gasteiger partial charge in [0.05, 0.1) is 6.42 Å². The first-order valence-electron chi connectivity index (χ1n) is 5.23. The van der Waals surface area contributed by atoms with Gasteiger partial charge in [-0.05, 0) is 12.3 Å². The summed E-state index contributed by atoms with van der Waals surface area (Å²) in [4.78, 5) is 22.4. The van der Waals surface area contributed by atoms with Crippen LogP contribution in [0.3, 0.4) is 0 Å². The average Bonchev–Trinajstić information content (AvgIpc) is 2.02. The molecule has 0 radical (unpaired) electrons. The number of rotatable bonds is 6. The van der Waals surface area contributed by atoms with Crippen molar-refractivity contribution < 1.29 is 9.59 Å². The summed E-state index contributed by atoms with van der Waals surface area (Å²) >= 11 is 0. The normalized spacial score (nSPS) is 10.7. The van der Waals surface area contributed by atoms with Gasteiger partial charge in [0.15, 0.2) is 0 Å². The molecule has 0 aromatic heterocycles. The minimum atomic E-state index is -0.149. The number of hydrogen-bond acceptors (Lipinski definition) is 2. The molecule has 0 atom stereocenters. The smallest absolute Gasteiger partial charge is 0.227 e. The molecular formula is C11H21NO2. The fourth-order valence-corrected chi connectivity index (χ4v) is 0.925. The summed E-state index contributed by atoms with van der Waals surface area (Å²) < 4.78 is 0. The molecule has 0 aromatic rings. The van der Waals surface area contributed by atoms with E-state index in [-0.39, 0.29) is 24.0 Å². The van der Waals surface area contributed by atoms with E-state index in [4.69, 9.17) is 0 Å². The van der Waals surface area contributed by atoms with Gasteiger partial charge in [-0.2, -0.15) is 0 Å². The second kappa shape index (κ2) is 6.57. The number of amides is 1. The molecule has 1 N–H and O–H groups in total. The molecule has 0 aliphatic heterocycles. The molecule has 0 fully saturated rings. The summed E-state index contributed by atoms with van der Waals surface area (Å²) in [5.74, 6) is 0.387. The Labute approximate surface area is 86.3 Å². The number of carbonyl (C=O) groups is 2. The maximum Gasteiger partial charge on any atom is 0.227 e. The molecule has 14 heavy (non-hydrogen) atoms. The van der Waals surface area contributed by atoms with Crippen molar-refractivity contribution in [1.29, 1.82) is 0 Å². The van der Waals surface area contributed by atoms with E-state index in [0.717, 1.165) is 6.42 Å². The van der Waals surface area contributed by atoms with Crippen LogP contribution in [0.25, 0.3) is 0 Å². The number of nitrogens with one attached hydrogen (secondary N) is 1. The van der Waals surface area contributed by atoms with Gasteiger partial charge in [0, 0.05) is 12.5 Å². The number of carbonyl (C=O) groups excluding carboxylic acids is 2. The van der Waals surface area contributed by atoms with E-state index in [2.05, 4.69) is 19.2 Å². The number of ketones is 1. The summed E-state index contributed by atoms with van der Waals surface area (Å²) in [6.45, 7) is 8.49. The lowest BCUT2D eigenvalue weighted by molar-refractivity contribution is -0.129. The fourth-order valence-electron chi connectivity index (χ4n) is 0.925. The quantitative estimate of drug-likeness (QED) is 0.663. The zero-order valence-corrected chi connectivity index (χ0v) is 9.59. The Kier molecular flexibility index (Phi) is 6.17. The van der Waals surface area contributed by atoms with Crippen LogP contribution in [-0.4, -0.2) is 18.2 Å². The third-order valence-corrected chi connectivity index (χ3v) is 2.02. The van der Waals surface area contributed by atoms with Gasteiger partial charge in [0.1, 0.15) is 5.78 Å². The highest BCUT2D eigenvalue weighted by Crippen LogP contribution is 1.99. The molecule has 0 aliphatic rings. The number of hydrogen-bond donors (Lipinski definition) is 1. The van der Waals surface area contributed by atoms with E-state index in [1.165, 1.54) is 0 Å². The van der Waals surface area contributed by atoms with Crippen LogP contribution in [-0.2, 0) is 9.59 Å². The second-order valence-corrected chi connectivity index (χ2v) is 4.33. The van der Waals surface area contributed by atoms with Crippen LogP contribution in [0.5, 0.6) is 0 Å². The van der Waals surface area contributed by atoms with E-state index < -0.39 is 0 Å². The lowest BCUT2D eigenvalue weighted by Crippen LogP contribution is -2.28. The maximum atomic E-state index is 11.2. The van der Waals surface area contributed by atoms with E-state index in [1.54, 1.807) is 0 Å². The summed E-state index contributed by atoms with van der Waals surface area (Å²) in [6, 6.07) is 0. The van der Waals surface area contributed by atoms with Crippen molar-refractivity contribution >= 4 is 11.7 Å². The van der Waals surface area contributed by atoms with Gasteiger partial charge in [-0.25, -0.2) is 0 Å². The highest BCUT2D eigenvalue weighted by atomic mass is 16.2. The van der Waals surface area contributed by atoms with Crippen LogP contribution in [0.1, 0.15) is 40.5 Å². The van der Waals surface area contributed by atoms with Crippen molar-refractivity contribution in [2.45, 2.75) is 40.5 Å². The van der Waals surface area contributed by atoms with Crippen molar-refractivity contribution in [2.75, 3.05) is 6.54 Å². The first-order chi connectivity index (χ1) is 6.43. The van der Waals surface area contributed by atoms with Gasteiger partial charge in [0.2, 0.25) is 5.91 Å². The maximum absolute atomic E-state index is 11.2. The van der Waals surface area contributed by atoms with Crippen molar-refractivity contribution in [3.8, 4) is 0 Å². The van der Waals surface area contributed by atoms with Crippen LogP contribution >= 0.6 is 0 Å². The van der Waals surface area contributed by atoms with Crippen LogP contribution < -0.4 is 5.32 Å². The standard InChI is InChI=1S/C11H21NO2/c1-8(2)5-6-12-11(14)7-10(13)9(3)4/h8-9H,5-7H2,1-4H3,(H,12,14). The molecule has 0 saturated heterocycles. The summed E-state index contributed by atoms with van der Waals surface area (Å²) in [5.41, 5.74) is 0. The molecule has 0 unspecified atom stereocenters. The molecule has 82 valence electrons. The topological polar surface area (TPSA) is 46.2 Å². The zero-order valence-electron chi connectivity index (χ0n) is 9.59.